The van der Waals surface area contributed by atoms with Crippen LogP contribution in [0.4, 0.5) is 0 Å². The Bertz CT molecular complexity index is 114. The smallest absolute Gasteiger partial charge is 0.0143 e. The molecule has 0 N–H and O–H groups in total. The van der Waals surface area contributed by atoms with Gasteiger partial charge in [-0.15, -0.1) is 0 Å². The first kappa shape index (κ1) is 8.28. The highest BCUT2D eigenvalue weighted by Gasteiger charge is 1.90. The lowest BCUT2D eigenvalue weighted by Crippen LogP contribution is -2.14. The summed E-state index contributed by atoms with van der Waals surface area (Å²) in [7, 11) is 2.06. The summed E-state index contributed by atoms with van der Waals surface area (Å²) >= 11 is 0. The molecule has 0 fully saturated rings. The second-order valence-corrected chi connectivity index (χ2v) is 2.06. The standard InChI is InChI=1S/C8H15N/c1-5-7-8(3)9(4)6-2/h5,7H,1,6H2,2-4H3/b8-7-. The molecule has 0 heterocycles. The Hall–Kier alpha value is -0.720. The molecule has 0 bridgehead atoms. The molecule has 52 valence electrons. The summed E-state index contributed by atoms with van der Waals surface area (Å²) < 4.78 is 0. The maximum absolute atomic E-state index is 3.61. The Morgan fingerprint density at radius 1 is 1.67 bits per heavy atom. The first-order valence-corrected chi connectivity index (χ1v) is 3.22. The van der Waals surface area contributed by atoms with Gasteiger partial charge in [-0.05, 0) is 19.9 Å². The molecule has 0 aliphatic carbocycles. The summed E-state index contributed by atoms with van der Waals surface area (Å²) in [5, 5.41) is 0. The van der Waals surface area contributed by atoms with Crippen LogP contribution < -0.4 is 0 Å². The molecule has 1 heteroatoms. The van der Waals surface area contributed by atoms with Gasteiger partial charge in [-0.1, -0.05) is 12.7 Å². The van der Waals surface area contributed by atoms with Crippen LogP contribution in [0.3, 0.4) is 0 Å². The van der Waals surface area contributed by atoms with Crippen molar-refractivity contribution in [3.05, 3.63) is 24.4 Å². The zero-order chi connectivity index (χ0) is 7.28. The van der Waals surface area contributed by atoms with Gasteiger partial charge in [-0.25, -0.2) is 0 Å². The van der Waals surface area contributed by atoms with E-state index in [1.165, 1.54) is 5.70 Å². The number of hydrogen-bond acceptors (Lipinski definition) is 1. The summed E-state index contributed by atoms with van der Waals surface area (Å²) in [6.45, 7) is 8.87. The number of rotatable bonds is 3. The second-order valence-electron chi connectivity index (χ2n) is 2.06. The van der Waals surface area contributed by atoms with Crippen molar-refractivity contribution in [1.82, 2.24) is 4.90 Å². The molecule has 0 radical (unpaired) electrons. The average Bonchev–Trinajstić information content (AvgIpc) is 1.87. The average molecular weight is 125 g/mol. The monoisotopic (exact) mass is 125 g/mol. The lowest BCUT2D eigenvalue weighted by Gasteiger charge is -2.15. The van der Waals surface area contributed by atoms with Gasteiger partial charge in [-0.3, -0.25) is 0 Å². The van der Waals surface area contributed by atoms with Gasteiger partial charge in [0.05, 0.1) is 0 Å². The molecule has 0 amide bonds. The highest BCUT2D eigenvalue weighted by atomic mass is 15.1. The van der Waals surface area contributed by atoms with Gasteiger partial charge < -0.3 is 4.90 Å². The van der Waals surface area contributed by atoms with Crippen LogP contribution in [-0.4, -0.2) is 18.5 Å². The first-order chi connectivity index (χ1) is 4.22. The second kappa shape index (κ2) is 4.19. The Morgan fingerprint density at radius 2 is 2.22 bits per heavy atom. The molecular formula is C8H15N. The molecular weight excluding hydrogens is 110 g/mol. The van der Waals surface area contributed by atoms with Crippen molar-refractivity contribution in [2.45, 2.75) is 13.8 Å². The van der Waals surface area contributed by atoms with Crippen LogP contribution in [0.25, 0.3) is 0 Å². The molecule has 0 aliphatic heterocycles. The van der Waals surface area contributed by atoms with Gasteiger partial charge in [-0.2, -0.15) is 0 Å². The van der Waals surface area contributed by atoms with E-state index >= 15 is 0 Å². The maximum atomic E-state index is 3.61. The van der Waals surface area contributed by atoms with Crippen LogP contribution in [0.2, 0.25) is 0 Å². The fraction of sp³-hybridized carbons (Fsp3) is 0.500. The Kier molecular flexibility index (Phi) is 3.85. The normalized spacial score (nSPS) is 11.2. The maximum Gasteiger partial charge on any atom is 0.0143 e. The van der Waals surface area contributed by atoms with Gasteiger partial charge >= 0.3 is 0 Å². The van der Waals surface area contributed by atoms with E-state index in [2.05, 4.69) is 32.4 Å². The van der Waals surface area contributed by atoms with Crippen molar-refractivity contribution in [3.63, 3.8) is 0 Å². The van der Waals surface area contributed by atoms with Crippen LogP contribution in [0.15, 0.2) is 24.4 Å². The van der Waals surface area contributed by atoms with E-state index in [1.54, 1.807) is 0 Å². The van der Waals surface area contributed by atoms with Crippen molar-refractivity contribution in [2.75, 3.05) is 13.6 Å². The minimum atomic E-state index is 1.05. The molecule has 0 aromatic heterocycles. The first-order valence-electron chi connectivity index (χ1n) is 3.22. The summed E-state index contributed by atoms with van der Waals surface area (Å²) in [6, 6.07) is 0. The van der Waals surface area contributed by atoms with Crippen molar-refractivity contribution in [1.29, 1.82) is 0 Å². The highest BCUT2D eigenvalue weighted by molar-refractivity contribution is 5.05. The highest BCUT2D eigenvalue weighted by Crippen LogP contribution is 1.97. The predicted molar refractivity (Wildman–Crippen MR) is 42.3 cm³/mol. The van der Waals surface area contributed by atoms with Crippen molar-refractivity contribution < 1.29 is 0 Å². The summed E-state index contributed by atoms with van der Waals surface area (Å²) in [5.74, 6) is 0. The van der Waals surface area contributed by atoms with Gasteiger partial charge in [0.15, 0.2) is 0 Å². The Balaban J connectivity index is 3.84. The molecule has 0 aromatic rings. The zero-order valence-corrected chi connectivity index (χ0v) is 6.52. The molecule has 0 spiro atoms. The van der Waals surface area contributed by atoms with Crippen molar-refractivity contribution >= 4 is 0 Å². The lowest BCUT2D eigenvalue weighted by molar-refractivity contribution is 0.443. The van der Waals surface area contributed by atoms with E-state index in [9.17, 15) is 0 Å². The van der Waals surface area contributed by atoms with E-state index < -0.39 is 0 Å². The molecule has 0 saturated carbocycles. The van der Waals surface area contributed by atoms with E-state index in [1.807, 2.05) is 12.2 Å². The minimum absolute atomic E-state index is 1.05. The van der Waals surface area contributed by atoms with E-state index in [-0.39, 0.29) is 0 Å². The quantitative estimate of drug-likeness (QED) is 0.522. The van der Waals surface area contributed by atoms with Crippen LogP contribution in [0.1, 0.15) is 13.8 Å². The summed E-state index contributed by atoms with van der Waals surface area (Å²) in [6.07, 6.45) is 3.81. The third-order valence-corrected chi connectivity index (χ3v) is 1.44. The van der Waals surface area contributed by atoms with Crippen molar-refractivity contribution in [3.8, 4) is 0 Å². The number of allylic oxidation sites excluding steroid dienone is 3. The lowest BCUT2D eigenvalue weighted by atomic mass is 10.4. The van der Waals surface area contributed by atoms with E-state index in [4.69, 9.17) is 0 Å². The van der Waals surface area contributed by atoms with Crippen molar-refractivity contribution in [2.24, 2.45) is 0 Å². The molecule has 0 saturated heterocycles. The Morgan fingerprint density at radius 3 is 2.56 bits per heavy atom. The fourth-order valence-electron chi connectivity index (χ4n) is 0.547. The van der Waals surface area contributed by atoms with Gasteiger partial charge in [0, 0.05) is 19.3 Å². The molecule has 0 rings (SSSR count). The van der Waals surface area contributed by atoms with Crippen LogP contribution >= 0.6 is 0 Å². The molecule has 9 heavy (non-hydrogen) atoms. The molecule has 1 nitrogen and oxygen atoms in total. The van der Waals surface area contributed by atoms with E-state index in [0.29, 0.717) is 0 Å². The largest absolute Gasteiger partial charge is 0.378 e. The summed E-state index contributed by atoms with van der Waals surface area (Å²) in [5.41, 5.74) is 1.26. The van der Waals surface area contributed by atoms with Crippen LogP contribution in [0.5, 0.6) is 0 Å². The van der Waals surface area contributed by atoms with E-state index in [0.717, 1.165) is 6.54 Å². The summed E-state index contributed by atoms with van der Waals surface area (Å²) in [4.78, 5) is 2.17. The van der Waals surface area contributed by atoms with Crippen LogP contribution in [0, 0.1) is 0 Å². The third kappa shape index (κ3) is 2.96. The molecule has 0 aromatic carbocycles. The van der Waals surface area contributed by atoms with Crippen LogP contribution in [-0.2, 0) is 0 Å². The fourth-order valence-corrected chi connectivity index (χ4v) is 0.547. The predicted octanol–water partition coefficient (Wildman–Crippen LogP) is 2.03. The molecule has 0 atom stereocenters. The van der Waals surface area contributed by atoms with Gasteiger partial charge in [0.2, 0.25) is 0 Å². The number of hydrogen-bond donors (Lipinski definition) is 0. The zero-order valence-electron chi connectivity index (χ0n) is 6.52. The van der Waals surface area contributed by atoms with Gasteiger partial charge in [0.25, 0.3) is 0 Å². The Labute approximate surface area is 57.7 Å². The SMILES string of the molecule is C=C/C=C(/C)N(C)CC. The van der Waals surface area contributed by atoms with Gasteiger partial charge in [0.1, 0.15) is 0 Å². The molecule has 0 aliphatic rings. The third-order valence-electron chi connectivity index (χ3n) is 1.44. The number of nitrogens with zero attached hydrogens (tertiary/aromatic N) is 1. The minimum Gasteiger partial charge on any atom is -0.378 e. The topological polar surface area (TPSA) is 3.24 Å². The molecule has 0 unspecified atom stereocenters.